The number of nitriles is 1. The van der Waals surface area contributed by atoms with E-state index >= 15 is 0 Å². The third-order valence-corrected chi connectivity index (χ3v) is 4.18. The van der Waals surface area contributed by atoms with Crippen LogP contribution < -0.4 is 5.32 Å². The van der Waals surface area contributed by atoms with Crippen LogP contribution in [0.5, 0.6) is 0 Å². The first-order valence-electron chi connectivity index (χ1n) is 7.98. The van der Waals surface area contributed by atoms with E-state index in [1.165, 1.54) is 0 Å². The Morgan fingerprint density at radius 2 is 2.00 bits per heavy atom. The Morgan fingerprint density at radius 1 is 1.22 bits per heavy atom. The van der Waals surface area contributed by atoms with Gasteiger partial charge in [-0.05, 0) is 48.4 Å². The number of carboxylic acids is 1. The summed E-state index contributed by atoms with van der Waals surface area (Å²) in [5.74, 6) is -1.44. The lowest BCUT2D eigenvalue weighted by Gasteiger charge is -2.13. The fraction of sp³-hybridized carbons (Fsp3) is 0.158. The van der Waals surface area contributed by atoms with Crippen LogP contribution >= 0.6 is 0 Å². The molecule has 2 aromatic carbocycles. The highest BCUT2D eigenvalue weighted by atomic mass is 19.4. The number of nitrogens with one attached hydrogen (secondary N) is 2. The van der Waals surface area contributed by atoms with Crippen LogP contribution in [0.2, 0.25) is 0 Å². The van der Waals surface area contributed by atoms with Gasteiger partial charge in [0.1, 0.15) is 0 Å². The highest BCUT2D eigenvalue weighted by molar-refractivity contribution is 5.94. The molecule has 3 aromatic rings. The smallest absolute Gasteiger partial charge is 0.416 e. The molecule has 0 atom stereocenters. The summed E-state index contributed by atoms with van der Waals surface area (Å²) < 4.78 is 38.3. The zero-order valence-corrected chi connectivity index (χ0v) is 13.9. The van der Waals surface area contributed by atoms with Crippen molar-refractivity contribution in [3.63, 3.8) is 0 Å². The second-order valence-corrected chi connectivity index (χ2v) is 5.93. The second kappa shape index (κ2) is 7.03. The molecule has 0 aliphatic rings. The van der Waals surface area contributed by atoms with E-state index in [0.29, 0.717) is 24.6 Å². The van der Waals surface area contributed by atoms with Crippen LogP contribution in [0.3, 0.4) is 0 Å². The van der Waals surface area contributed by atoms with Crippen LogP contribution in [0.25, 0.3) is 10.9 Å². The van der Waals surface area contributed by atoms with Crippen LogP contribution in [-0.2, 0) is 12.6 Å². The summed E-state index contributed by atoms with van der Waals surface area (Å²) in [5, 5.41) is 22.0. The number of nitrogens with zero attached hydrogens (tertiary/aromatic N) is 1. The van der Waals surface area contributed by atoms with Gasteiger partial charge in [0.25, 0.3) is 0 Å². The average molecular weight is 373 g/mol. The summed E-state index contributed by atoms with van der Waals surface area (Å²) in [5.41, 5.74) is 0.977. The van der Waals surface area contributed by atoms with E-state index in [1.54, 1.807) is 24.4 Å². The lowest BCUT2D eigenvalue weighted by molar-refractivity contribution is -0.137. The quantitative estimate of drug-likeness (QED) is 0.618. The van der Waals surface area contributed by atoms with Crippen molar-refractivity contribution >= 4 is 22.6 Å². The van der Waals surface area contributed by atoms with Gasteiger partial charge in [0.15, 0.2) is 0 Å². The molecule has 0 amide bonds. The SMILES string of the molecule is N#Cc1ccc2[nH]cc(CCNc3ccc(C(F)(F)F)cc3C(=O)O)c2c1. The maximum atomic E-state index is 12.8. The van der Waals surface area contributed by atoms with Gasteiger partial charge in [-0.2, -0.15) is 18.4 Å². The van der Waals surface area contributed by atoms with E-state index in [2.05, 4.69) is 16.4 Å². The number of aromatic nitrogens is 1. The lowest BCUT2D eigenvalue weighted by atomic mass is 10.1. The van der Waals surface area contributed by atoms with Crippen LogP contribution in [0.15, 0.2) is 42.6 Å². The summed E-state index contributed by atoms with van der Waals surface area (Å²) in [7, 11) is 0. The molecule has 0 aliphatic heterocycles. The number of carbonyl (C=O) groups is 1. The van der Waals surface area contributed by atoms with Crippen molar-refractivity contribution in [3.05, 3.63) is 64.8 Å². The fourth-order valence-corrected chi connectivity index (χ4v) is 2.84. The van der Waals surface area contributed by atoms with Crippen LogP contribution in [0.1, 0.15) is 27.0 Å². The number of hydrogen-bond acceptors (Lipinski definition) is 3. The molecule has 5 nitrogen and oxygen atoms in total. The molecule has 0 spiro atoms. The maximum Gasteiger partial charge on any atom is 0.416 e. The summed E-state index contributed by atoms with van der Waals surface area (Å²) in [6.45, 7) is 0.315. The van der Waals surface area contributed by atoms with Crippen molar-refractivity contribution in [2.24, 2.45) is 0 Å². The molecule has 8 heteroatoms. The van der Waals surface area contributed by atoms with Crippen molar-refractivity contribution in [1.29, 1.82) is 5.26 Å². The standard InChI is InChI=1S/C19H14F3N3O2/c20-19(21,22)13-2-4-17(15(8-13)18(26)27)24-6-5-12-10-25-16-3-1-11(9-23)7-14(12)16/h1-4,7-8,10,24-25H,5-6H2,(H,26,27). The third-order valence-electron chi connectivity index (χ3n) is 4.18. The van der Waals surface area contributed by atoms with Gasteiger partial charge in [-0.3, -0.25) is 0 Å². The largest absolute Gasteiger partial charge is 0.478 e. The predicted molar refractivity (Wildman–Crippen MR) is 93.6 cm³/mol. The predicted octanol–water partition coefficient (Wildman–Crippen LogP) is 4.41. The van der Waals surface area contributed by atoms with Crippen molar-refractivity contribution in [3.8, 4) is 6.07 Å². The molecule has 0 radical (unpaired) electrons. The number of H-pyrrole nitrogens is 1. The van der Waals surface area contributed by atoms with Crippen LogP contribution in [-0.4, -0.2) is 22.6 Å². The minimum atomic E-state index is -4.61. The number of alkyl halides is 3. The van der Waals surface area contributed by atoms with Crippen molar-refractivity contribution in [2.45, 2.75) is 12.6 Å². The minimum absolute atomic E-state index is 0.119. The van der Waals surface area contributed by atoms with E-state index in [0.717, 1.165) is 28.6 Å². The molecule has 1 heterocycles. The Bertz CT molecular complexity index is 1050. The molecule has 0 fully saturated rings. The van der Waals surface area contributed by atoms with Gasteiger partial charge in [0, 0.05) is 29.3 Å². The highest BCUT2D eigenvalue weighted by Crippen LogP contribution is 2.32. The summed E-state index contributed by atoms with van der Waals surface area (Å²) >= 11 is 0. The monoisotopic (exact) mass is 373 g/mol. The lowest BCUT2D eigenvalue weighted by Crippen LogP contribution is -2.12. The molecule has 27 heavy (non-hydrogen) atoms. The third kappa shape index (κ3) is 3.87. The van der Waals surface area contributed by atoms with Gasteiger partial charge < -0.3 is 15.4 Å². The second-order valence-electron chi connectivity index (χ2n) is 5.93. The zero-order chi connectivity index (χ0) is 19.6. The van der Waals surface area contributed by atoms with Crippen LogP contribution in [0, 0.1) is 11.3 Å². The molecular weight excluding hydrogens is 359 g/mol. The molecule has 1 aromatic heterocycles. The number of aromatic amines is 1. The molecule has 0 bridgehead atoms. The molecule has 138 valence electrons. The number of hydrogen-bond donors (Lipinski definition) is 3. The number of carboxylic acid groups (broad SMARTS) is 1. The van der Waals surface area contributed by atoms with E-state index in [1.807, 2.05) is 0 Å². The van der Waals surface area contributed by atoms with Crippen molar-refractivity contribution in [1.82, 2.24) is 4.98 Å². The van der Waals surface area contributed by atoms with Gasteiger partial charge in [-0.25, -0.2) is 4.79 Å². The Kier molecular flexibility index (Phi) is 4.77. The first-order valence-corrected chi connectivity index (χ1v) is 7.98. The fourth-order valence-electron chi connectivity index (χ4n) is 2.84. The summed E-state index contributed by atoms with van der Waals surface area (Å²) in [6.07, 6.45) is -2.32. The van der Waals surface area contributed by atoms with Crippen molar-refractivity contribution in [2.75, 3.05) is 11.9 Å². The zero-order valence-electron chi connectivity index (χ0n) is 13.9. The van der Waals surface area contributed by atoms with E-state index in [-0.39, 0.29) is 5.69 Å². The van der Waals surface area contributed by atoms with Gasteiger partial charge in [-0.15, -0.1) is 0 Å². The van der Waals surface area contributed by atoms with Gasteiger partial charge >= 0.3 is 12.1 Å². The normalized spacial score (nSPS) is 11.3. The van der Waals surface area contributed by atoms with E-state index in [9.17, 15) is 23.1 Å². The van der Waals surface area contributed by atoms with Crippen molar-refractivity contribution < 1.29 is 23.1 Å². The maximum absolute atomic E-state index is 12.8. The Hall–Kier alpha value is -3.47. The van der Waals surface area contributed by atoms with E-state index < -0.39 is 23.3 Å². The highest BCUT2D eigenvalue weighted by Gasteiger charge is 2.31. The van der Waals surface area contributed by atoms with Gasteiger partial charge in [0.05, 0.1) is 22.8 Å². The minimum Gasteiger partial charge on any atom is -0.478 e. The molecule has 0 saturated carbocycles. The topological polar surface area (TPSA) is 88.9 Å². The molecule has 3 N–H and O–H groups in total. The first kappa shape index (κ1) is 18.3. The number of benzene rings is 2. The van der Waals surface area contributed by atoms with Crippen LogP contribution in [0.4, 0.5) is 18.9 Å². The molecular formula is C19H14F3N3O2. The molecule has 0 aliphatic carbocycles. The van der Waals surface area contributed by atoms with E-state index in [4.69, 9.17) is 5.26 Å². The summed E-state index contributed by atoms with van der Waals surface area (Å²) in [4.78, 5) is 14.4. The average Bonchev–Trinajstić information content (AvgIpc) is 3.03. The number of fused-ring (bicyclic) bond motifs is 1. The molecule has 3 rings (SSSR count). The Balaban J connectivity index is 1.78. The Labute approximate surface area is 152 Å². The van der Waals surface area contributed by atoms with Gasteiger partial charge in [0.2, 0.25) is 0 Å². The Morgan fingerprint density at radius 3 is 2.67 bits per heavy atom. The number of aromatic carboxylic acids is 1. The number of rotatable bonds is 5. The first-order chi connectivity index (χ1) is 12.8. The molecule has 0 unspecified atom stereocenters. The summed E-state index contributed by atoms with van der Waals surface area (Å²) in [6, 6.07) is 9.90. The molecule has 0 saturated heterocycles. The van der Waals surface area contributed by atoms with Gasteiger partial charge in [-0.1, -0.05) is 0 Å². The number of anilines is 1. The number of halogens is 3.